The second-order valence-electron chi connectivity index (χ2n) is 6.34. The van der Waals surface area contributed by atoms with Crippen LogP contribution in [0.2, 0.25) is 5.15 Å². The molecule has 4 aromatic rings. The Kier molecular flexibility index (Phi) is 5.11. The van der Waals surface area contributed by atoms with E-state index in [-0.39, 0.29) is 17.5 Å². The van der Waals surface area contributed by atoms with Gasteiger partial charge in [-0.2, -0.15) is 0 Å². The summed E-state index contributed by atoms with van der Waals surface area (Å²) in [7, 11) is 0. The molecule has 0 amide bonds. The number of nitrogens with zero attached hydrogens (tertiary/aromatic N) is 4. The number of hydrogen-bond donors (Lipinski definition) is 0. The van der Waals surface area contributed by atoms with Gasteiger partial charge < -0.3 is 9.15 Å². The molecule has 0 N–H and O–H groups in total. The number of hydrogen-bond acceptors (Lipinski definition) is 8. The first kappa shape index (κ1) is 19.5. The molecule has 2 aromatic carbocycles. The fourth-order valence-electron chi connectivity index (χ4n) is 2.75. The van der Waals surface area contributed by atoms with E-state index in [1.807, 2.05) is 0 Å². The minimum absolute atomic E-state index is 0.0476. The molecule has 4 rings (SSSR count). The van der Waals surface area contributed by atoms with Crippen molar-refractivity contribution in [2.75, 3.05) is 0 Å². The predicted molar refractivity (Wildman–Crippen MR) is 107 cm³/mol. The Bertz CT molecular complexity index is 1260. The number of aromatic nitrogens is 3. The van der Waals surface area contributed by atoms with Gasteiger partial charge >= 0.3 is 5.97 Å². The van der Waals surface area contributed by atoms with Crippen LogP contribution in [-0.2, 0) is 4.74 Å². The summed E-state index contributed by atoms with van der Waals surface area (Å²) in [5, 5.41) is 19.7. The average molecular weight is 425 g/mol. The number of nitro benzene ring substituents is 1. The number of non-ortho nitro benzene ring substituents is 1. The lowest BCUT2D eigenvalue weighted by Gasteiger charge is -2.10. The van der Waals surface area contributed by atoms with Gasteiger partial charge in [0.25, 0.3) is 11.6 Å². The molecule has 0 radical (unpaired) electrons. The van der Waals surface area contributed by atoms with Crippen molar-refractivity contribution < 1.29 is 18.9 Å². The molecule has 0 fully saturated rings. The van der Waals surface area contributed by atoms with Crippen LogP contribution in [0.3, 0.4) is 0 Å². The van der Waals surface area contributed by atoms with Gasteiger partial charge in [-0.05, 0) is 49.4 Å². The maximum absolute atomic E-state index is 12.5. The zero-order valence-corrected chi connectivity index (χ0v) is 16.2. The molecule has 1 unspecified atom stereocenters. The summed E-state index contributed by atoms with van der Waals surface area (Å²) in [6.07, 6.45) is -0.796. The van der Waals surface area contributed by atoms with E-state index < -0.39 is 17.0 Å². The van der Waals surface area contributed by atoms with Crippen LogP contribution in [0, 0.1) is 10.1 Å². The van der Waals surface area contributed by atoms with Crippen molar-refractivity contribution in [3.8, 4) is 11.5 Å². The SMILES string of the molecule is CC(OC(=O)c1ccc2nc(Cl)ccc2c1)c1nnc(-c2ccc([N+](=O)[O-])cc2)o1. The third-order valence-corrected chi connectivity index (χ3v) is 4.50. The number of nitro groups is 1. The summed E-state index contributed by atoms with van der Waals surface area (Å²) >= 11 is 5.87. The smallest absolute Gasteiger partial charge is 0.338 e. The van der Waals surface area contributed by atoms with Crippen LogP contribution >= 0.6 is 11.6 Å². The normalized spacial score (nSPS) is 11.9. The molecule has 0 saturated carbocycles. The van der Waals surface area contributed by atoms with E-state index >= 15 is 0 Å². The van der Waals surface area contributed by atoms with E-state index in [4.69, 9.17) is 20.8 Å². The minimum atomic E-state index is -0.796. The summed E-state index contributed by atoms with van der Waals surface area (Å²) in [5.41, 5.74) is 1.47. The third kappa shape index (κ3) is 3.96. The zero-order chi connectivity index (χ0) is 21.3. The third-order valence-electron chi connectivity index (χ3n) is 4.29. The van der Waals surface area contributed by atoms with E-state index in [0.717, 1.165) is 5.39 Å². The van der Waals surface area contributed by atoms with Crippen molar-refractivity contribution in [1.82, 2.24) is 15.2 Å². The molecule has 0 bridgehead atoms. The average Bonchev–Trinajstić information content (AvgIpc) is 3.24. The summed E-state index contributed by atoms with van der Waals surface area (Å²) in [6, 6.07) is 14.0. The lowest BCUT2D eigenvalue weighted by atomic mass is 10.1. The van der Waals surface area contributed by atoms with Crippen molar-refractivity contribution >= 4 is 34.2 Å². The molecule has 2 heterocycles. The molecule has 0 spiro atoms. The number of benzene rings is 2. The number of carbonyl (C=O) groups is 1. The largest absolute Gasteiger partial charge is 0.449 e. The van der Waals surface area contributed by atoms with Crippen LogP contribution < -0.4 is 0 Å². The molecule has 0 aliphatic rings. The highest BCUT2D eigenvalue weighted by Crippen LogP contribution is 2.25. The molecule has 10 heteroatoms. The monoisotopic (exact) mass is 424 g/mol. The number of ether oxygens (including phenoxy) is 1. The van der Waals surface area contributed by atoms with Crippen molar-refractivity contribution in [2.45, 2.75) is 13.0 Å². The van der Waals surface area contributed by atoms with Crippen molar-refractivity contribution in [1.29, 1.82) is 0 Å². The van der Waals surface area contributed by atoms with Crippen LogP contribution in [-0.4, -0.2) is 26.1 Å². The van der Waals surface area contributed by atoms with E-state index in [0.29, 0.717) is 21.8 Å². The van der Waals surface area contributed by atoms with E-state index in [1.54, 1.807) is 37.3 Å². The Morgan fingerprint density at radius 1 is 1.13 bits per heavy atom. The number of halogens is 1. The number of esters is 1. The van der Waals surface area contributed by atoms with E-state index in [2.05, 4.69) is 15.2 Å². The summed E-state index contributed by atoms with van der Waals surface area (Å²) in [4.78, 5) is 26.9. The maximum Gasteiger partial charge on any atom is 0.338 e. The first-order valence-electron chi connectivity index (χ1n) is 8.76. The van der Waals surface area contributed by atoms with Gasteiger partial charge in [0.15, 0.2) is 6.10 Å². The fourth-order valence-corrected chi connectivity index (χ4v) is 2.90. The molecule has 0 saturated heterocycles. The topological polar surface area (TPSA) is 121 Å². The Morgan fingerprint density at radius 2 is 1.90 bits per heavy atom. The first-order valence-corrected chi connectivity index (χ1v) is 9.14. The molecular weight excluding hydrogens is 412 g/mol. The van der Waals surface area contributed by atoms with Gasteiger partial charge in [-0.15, -0.1) is 10.2 Å². The second-order valence-corrected chi connectivity index (χ2v) is 6.73. The van der Waals surface area contributed by atoms with Gasteiger partial charge in [0.2, 0.25) is 5.89 Å². The van der Waals surface area contributed by atoms with E-state index in [9.17, 15) is 14.9 Å². The lowest BCUT2D eigenvalue weighted by Crippen LogP contribution is -2.09. The number of carbonyl (C=O) groups excluding carboxylic acids is 1. The zero-order valence-electron chi connectivity index (χ0n) is 15.5. The lowest BCUT2D eigenvalue weighted by molar-refractivity contribution is -0.384. The Morgan fingerprint density at radius 3 is 2.63 bits per heavy atom. The van der Waals surface area contributed by atoms with Crippen LogP contribution in [0.25, 0.3) is 22.4 Å². The van der Waals surface area contributed by atoms with Gasteiger partial charge in [0.1, 0.15) is 5.15 Å². The first-order chi connectivity index (χ1) is 14.4. The molecule has 0 aliphatic heterocycles. The maximum atomic E-state index is 12.5. The number of rotatable bonds is 5. The molecule has 9 nitrogen and oxygen atoms in total. The molecular formula is C20H13ClN4O5. The molecule has 2 aromatic heterocycles. The Balaban J connectivity index is 1.48. The molecule has 30 heavy (non-hydrogen) atoms. The highest BCUT2D eigenvalue weighted by molar-refractivity contribution is 6.29. The van der Waals surface area contributed by atoms with Gasteiger partial charge in [0, 0.05) is 23.1 Å². The Hall–Kier alpha value is -3.85. The van der Waals surface area contributed by atoms with Crippen LogP contribution in [0.1, 0.15) is 29.3 Å². The quantitative estimate of drug-likeness (QED) is 0.194. The van der Waals surface area contributed by atoms with Gasteiger partial charge in [-0.3, -0.25) is 10.1 Å². The fraction of sp³-hybridized carbons (Fsp3) is 0.100. The second kappa shape index (κ2) is 7.88. The van der Waals surface area contributed by atoms with Crippen LogP contribution in [0.15, 0.2) is 59.0 Å². The highest BCUT2D eigenvalue weighted by atomic mass is 35.5. The number of fused-ring (bicyclic) bond motifs is 1. The van der Waals surface area contributed by atoms with Gasteiger partial charge in [-0.1, -0.05) is 11.6 Å². The molecule has 150 valence electrons. The van der Waals surface area contributed by atoms with Crippen LogP contribution in [0.5, 0.6) is 0 Å². The summed E-state index contributed by atoms with van der Waals surface area (Å²) in [5.74, 6) is -0.295. The van der Waals surface area contributed by atoms with Gasteiger partial charge in [-0.25, -0.2) is 9.78 Å². The van der Waals surface area contributed by atoms with Crippen molar-refractivity contribution in [3.63, 3.8) is 0 Å². The van der Waals surface area contributed by atoms with Gasteiger partial charge in [0.05, 0.1) is 16.0 Å². The van der Waals surface area contributed by atoms with E-state index in [1.165, 1.54) is 24.3 Å². The Labute approximate surface area is 174 Å². The highest BCUT2D eigenvalue weighted by Gasteiger charge is 2.20. The minimum Gasteiger partial charge on any atom is -0.449 e. The predicted octanol–water partition coefficient (Wildman–Crippen LogP) is 4.76. The number of pyridine rings is 1. The van der Waals surface area contributed by atoms with Crippen molar-refractivity contribution in [2.24, 2.45) is 0 Å². The van der Waals surface area contributed by atoms with Crippen LogP contribution in [0.4, 0.5) is 5.69 Å². The molecule has 1 atom stereocenters. The van der Waals surface area contributed by atoms with Crippen molar-refractivity contribution in [3.05, 3.63) is 81.3 Å². The summed E-state index contributed by atoms with van der Waals surface area (Å²) in [6.45, 7) is 1.60. The standard InChI is InChI=1S/C20H13ClN4O5/c1-11(18-23-24-19(30-18)12-2-6-15(7-3-12)25(27)28)29-20(26)14-4-8-16-13(10-14)5-9-17(21)22-16/h2-11H,1H3. The summed E-state index contributed by atoms with van der Waals surface area (Å²) < 4.78 is 11.0. The molecule has 0 aliphatic carbocycles.